The Morgan fingerprint density at radius 1 is 1.16 bits per heavy atom. The smallest absolute Gasteiger partial charge is 0.263 e. The van der Waals surface area contributed by atoms with Crippen molar-refractivity contribution in [2.75, 3.05) is 32.7 Å². The molecule has 0 aliphatic carbocycles. The minimum absolute atomic E-state index is 0.0187. The predicted molar refractivity (Wildman–Crippen MR) is 97.8 cm³/mol. The first kappa shape index (κ1) is 19.5. The van der Waals surface area contributed by atoms with Crippen molar-refractivity contribution in [3.63, 3.8) is 0 Å². The third-order valence-electron chi connectivity index (χ3n) is 3.99. The second kappa shape index (κ2) is 9.06. The molecule has 2 rings (SSSR count). The third-order valence-corrected chi connectivity index (χ3v) is 4.30. The van der Waals surface area contributed by atoms with Gasteiger partial charge in [-0.1, -0.05) is 23.7 Å². The van der Waals surface area contributed by atoms with Crippen molar-refractivity contribution in [2.45, 2.75) is 32.9 Å². The van der Waals surface area contributed by atoms with Crippen LogP contribution in [0, 0.1) is 0 Å². The van der Waals surface area contributed by atoms with E-state index in [9.17, 15) is 9.59 Å². The molecule has 1 fully saturated rings. The summed E-state index contributed by atoms with van der Waals surface area (Å²) in [7, 11) is 0. The summed E-state index contributed by atoms with van der Waals surface area (Å²) in [4.78, 5) is 28.2. The highest BCUT2D eigenvalue weighted by Gasteiger charge is 2.27. The van der Waals surface area contributed by atoms with Crippen molar-refractivity contribution < 1.29 is 14.3 Å². The van der Waals surface area contributed by atoms with Gasteiger partial charge in [0.05, 0.1) is 11.6 Å². The lowest BCUT2D eigenvalue weighted by Gasteiger charge is -2.35. The second-order valence-corrected chi connectivity index (χ2v) is 6.92. The Balaban J connectivity index is 1.80. The van der Waals surface area contributed by atoms with Gasteiger partial charge in [0.25, 0.3) is 5.91 Å². The van der Waals surface area contributed by atoms with Gasteiger partial charge in [-0.05, 0) is 32.9 Å². The van der Waals surface area contributed by atoms with E-state index in [4.69, 9.17) is 16.3 Å². The Hall–Kier alpha value is -1.79. The quantitative estimate of drug-likeness (QED) is 0.832. The van der Waals surface area contributed by atoms with Crippen molar-refractivity contribution in [3.05, 3.63) is 29.3 Å². The summed E-state index contributed by atoms with van der Waals surface area (Å²) in [5, 5.41) is 3.37. The Morgan fingerprint density at radius 3 is 2.40 bits per heavy atom. The van der Waals surface area contributed by atoms with Crippen LogP contribution in [0.5, 0.6) is 5.75 Å². The summed E-state index contributed by atoms with van der Waals surface area (Å²) in [6, 6.07) is 7.25. The van der Waals surface area contributed by atoms with E-state index in [1.807, 2.05) is 26.0 Å². The van der Waals surface area contributed by atoms with Crippen molar-refractivity contribution >= 4 is 23.4 Å². The molecule has 1 saturated heterocycles. The van der Waals surface area contributed by atoms with Gasteiger partial charge in [0.1, 0.15) is 5.75 Å². The number of halogens is 1. The molecule has 1 aliphatic rings. The van der Waals surface area contributed by atoms with Crippen molar-refractivity contribution in [3.8, 4) is 5.75 Å². The maximum absolute atomic E-state index is 12.5. The zero-order valence-corrected chi connectivity index (χ0v) is 15.8. The maximum Gasteiger partial charge on any atom is 0.263 e. The summed E-state index contributed by atoms with van der Waals surface area (Å²) in [5.74, 6) is 0.463. The molecule has 1 heterocycles. The van der Waals surface area contributed by atoms with Crippen LogP contribution in [0.1, 0.15) is 20.8 Å². The van der Waals surface area contributed by atoms with Gasteiger partial charge in [-0.3, -0.25) is 14.5 Å². The summed E-state index contributed by atoms with van der Waals surface area (Å²) in [6.45, 7) is 8.50. The summed E-state index contributed by atoms with van der Waals surface area (Å²) in [5.41, 5.74) is 0. The highest BCUT2D eigenvalue weighted by molar-refractivity contribution is 6.32. The van der Waals surface area contributed by atoms with Crippen LogP contribution in [-0.2, 0) is 9.59 Å². The van der Waals surface area contributed by atoms with E-state index >= 15 is 0 Å². The fraction of sp³-hybridized carbons (Fsp3) is 0.556. The largest absolute Gasteiger partial charge is 0.479 e. The number of carbonyl (C=O) groups excluding carboxylic acids is 2. The number of hydrogen-bond donors (Lipinski definition) is 1. The molecule has 25 heavy (non-hydrogen) atoms. The molecule has 0 bridgehead atoms. The van der Waals surface area contributed by atoms with Crippen LogP contribution in [0.25, 0.3) is 0 Å². The van der Waals surface area contributed by atoms with Crippen molar-refractivity contribution in [2.24, 2.45) is 0 Å². The van der Waals surface area contributed by atoms with Crippen LogP contribution in [0.15, 0.2) is 24.3 Å². The normalized spacial score (nSPS) is 16.6. The molecule has 1 aromatic carbocycles. The average molecular weight is 368 g/mol. The van der Waals surface area contributed by atoms with Gasteiger partial charge in [-0.25, -0.2) is 0 Å². The minimum Gasteiger partial charge on any atom is -0.479 e. The number of nitrogens with one attached hydrogen (secondary N) is 1. The van der Waals surface area contributed by atoms with Gasteiger partial charge in [-0.2, -0.15) is 0 Å². The third kappa shape index (κ3) is 5.90. The minimum atomic E-state index is -0.601. The lowest BCUT2D eigenvalue weighted by atomic mass is 10.2. The SMILES string of the molecule is CC(C)NC(=O)CN1CCN(C(=O)C(C)Oc2ccccc2Cl)CC1. The van der Waals surface area contributed by atoms with Crippen LogP contribution in [0.2, 0.25) is 5.02 Å². The zero-order chi connectivity index (χ0) is 18.4. The Labute approximate surface area is 154 Å². The number of carbonyl (C=O) groups is 2. The molecule has 7 heteroatoms. The van der Waals surface area contributed by atoms with E-state index in [2.05, 4.69) is 10.2 Å². The molecule has 0 saturated carbocycles. The first-order valence-electron chi connectivity index (χ1n) is 8.58. The molecule has 1 unspecified atom stereocenters. The fourth-order valence-corrected chi connectivity index (χ4v) is 2.92. The van der Waals surface area contributed by atoms with Crippen LogP contribution in [-0.4, -0.2) is 66.5 Å². The summed E-state index contributed by atoms with van der Waals surface area (Å²) >= 11 is 6.07. The molecule has 2 amide bonds. The Bertz CT molecular complexity index is 601. The van der Waals surface area contributed by atoms with Crippen molar-refractivity contribution in [1.82, 2.24) is 15.1 Å². The summed E-state index contributed by atoms with van der Waals surface area (Å²) in [6.07, 6.45) is -0.601. The van der Waals surface area contributed by atoms with Crippen LogP contribution >= 0.6 is 11.6 Å². The van der Waals surface area contributed by atoms with E-state index in [-0.39, 0.29) is 17.9 Å². The standard InChI is InChI=1S/C18H26ClN3O3/c1-13(2)20-17(23)12-21-8-10-22(11-9-21)18(24)14(3)25-16-7-5-4-6-15(16)19/h4-7,13-14H,8-12H2,1-3H3,(H,20,23). The highest BCUT2D eigenvalue weighted by Crippen LogP contribution is 2.24. The molecular formula is C18H26ClN3O3. The molecule has 0 radical (unpaired) electrons. The van der Waals surface area contributed by atoms with Gasteiger partial charge < -0.3 is 15.0 Å². The molecule has 6 nitrogen and oxygen atoms in total. The average Bonchev–Trinajstić information content (AvgIpc) is 2.56. The monoisotopic (exact) mass is 367 g/mol. The molecule has 1 N–H and O–H groups in total. The Morgan fingerprint density at radius 2 is 1.80 bits per heavy atom. The van der Waals surface area contributed by atoms with E-state index in [1.165, 1.54) is 0 Å². The van der Waals surface area contributed by atoms with E-state index in [1.54, 1.807) is 24.0 Å². The molecule has 138 valence electrons. The first-order chi connectivity index (χ1) is 11.9. The molecule has 1 aromatic rings. The molecule has 1 aliphatic heterocycles. The number of amides is 2. The van der Waals surface area contributed by atoms with E-state index < -0.39 is 6.10 Å². The van der Waals surface area contributed by atoms with Crippen molar-refractivity contribution in [1.29, 1.82) is 0 Å². The topological polar surface area (TPSA) is 61.9 Å². The molecule has 1 atom stereocenters. The number of para-hydroxylation sites is 1. The number of rotatable bonds is 6. The maximum atomic E-state index is 12.5. The molecule has 0 spiro atoms. The van der Waals surface area contributed by atoms with Gasteiger partial charge in [0, 0.05) is 32.2 Å². The number of piperazine rings is 1. The Kier molecular flexibility index (Phi) is 7.08. The van der Waals surface area contributed by atoms with Gasteiger partial charge in [0.15, 0.2) is 6.10 Å². The second-order valence-electron chi connectivity index (χ2n) is 6.51. The van der Waals surface area contributed by atoms with Gasteiger partial charge in [-0.15, -0.1) is 0 Å². The van der Waals surface area contributed by atoms with Crippen LogP contribution < -0.4 is 10.1 Å². The van der Waals surface area contributed by atoms with E-state index in [0.717, 1.165) is 0 Å². The first-order valence-corrected chi connectivity index (χ1v) is 8.96. The fourth-order valence-electron chi connectivity index (χ4n) is 2.74. The zero-order valence-electron chi connectivity index (χ0n) is 15.0. The highest BCUT2D eigenvalue weighted by atomic mass is 35.5. The molecule has 0 aromatic heterocycles. The lowest BCUT2D eigenvalue weighted by Crippen LogP contribution is -2.53. The number of benzene rings is 1. The summed E-state index contributed by atoms with van der Waals surface area (Å²) < 4.78 is 5.69. The van der Waals surface area contributed by atoms with Crippen LogP contribution in [0.4, 0.5) is 0 Å². The number of ether oxygens (including phenoxy) is 1. The van der Waals surface area contributed by atoms with E-state index in [0.29, 0.717) is 43.5 Å². The number of nitrogens with zero attached hydrogens (tertiary/aromatic N) is 2. The van der Waals surface area contributed by atoms with Crippen LogP contribution in [0.3, 0.4) is 0 Å². The number of hydrogen-bond acceptors (Lipinski definition) is 4. The van der Waals surface area contributed by atoms with Gasteiger partial charge in [0.2, 0.25) is 5.91 Å². The molecular weight excluding hydrogens is 342 g/mol. The predicted octanol–water partition coefficient (Wildman–Crippen LogP) is 1.78. The lowest BCUT2D eigenvalue weighted by molar-refractivity contribution is -0.139. The van der Waals surface area contributed by atoms with Gasteiger partial charge >= 0.3 is 0 Å².